The van der Waals surface area contributed by atoms with Gasteiger partial charge in [0.25, 0.3) is 10.0 Å². The van der Waals surface area contributed by atoms with E-state index in [1.807, 2.05) is 48.5 Å². The molecule has 1 fully saturated rings. The average Bonchev–Trinajstić information content (AvgIpc) is 2.87. The van der Waals surface area contributed by atoms with Gasteiger partial charge in [-0.05, 0) is 35.7 Å². The lowest BCUT2D eigenvalue weighted by Crippen LogP contribution is -2.51. The summed E-state index contributed by atoms with van der Waals surface area (Å²) in [6.45, 7) is 5.47. The molecule has 3 aromatic carbocycles. The minimum absolute atomic E-state index is 0.159. The lowest BCUT2D eigenvalue weighted by atomic mass is 9.99. The van der Waals surface area contributed by atoms with Crippen LogP contribution < -0.4 is 4.31 Å². The summed E-state index contributed by atoms with van der Waals surface area (Å²) in [4.78, 5) is 17.6. The first-order valence-electron chi connectivity index (χ1n) is 11.8. The van der Waals surface area contributed by atoms with Crippen LogP contribution in [0.3, 0.4) is 0 Å². The van der Waals surface area contributed by atoms with Gasteiger partial charge in [0, 0.05) is 43.9 Å². The first-order valence-corrected chi connectivity index (χ1v) is 13.2. The van der Waals surface area contributed by atoms with E-state index < -0.39 is 10.0 Å². The molecule has 6 nitrogen and oxygen atoms in total. The molecule has 0 N–H and O–H groups in total. The molecule has 0 bridgehead atoms. The van der Waals surface area contributed by atoms with Crippen molar-refractivity contribution in [2.24, 2.45) is 0 Å². The molecule has 7 heteroatoms. The summed E-state index contributed by atoms with van der Waals surface area (Å²) in [6, 6.07) is 23.2. The SMILES string of the molecule is CCc1ccc2c(c1)-c1ccccc1S(=O)(=O)N2CC(=O)N1CCN(Cc2ccccc2)CC1. The van der Waals surface area contributed by atoms with Gasteiger partial charge in [0.2, 0.25) is 5.91 Å². The molecule has 34 heavy (non-hydrogen) atoms. The Hall–Kier alpha value is -3.16. The normalized spacial score (nSPS) is 17.2. The van der Waals surface area contributed by atoms with Crippen molar-refractivity contribution in [3.05, 3.63) is 83.9 Å². The quantitative estimate of drug-likeness (QED) is 0.564. The summed E-state index contributed by atoms with van der Waals surface area (Å²) in [5, 5.41) is 0. The molecule has 0 aromatic heterocycles. The number of carbonyl (C=O) groups is 1. The van der Waals surface area contributed by atoms with Gasteiger partial charge in [-0.1, -0.05) is 61.5 Å². The Kier molecular flexibility index (Phi) is 6.15. The van der Waals surface area contributed by atoms with Crippen LogP contribution in [0.4, 0.5) is 5.69 Å². The van der Waals surface area contributed by atoms with Gasteiger partial charge >= 0.3 is 0 Å². The molecule has 3 aromatic rings. The molecule has 0 radical (unpaired) electrons. The molecule has 2 aliphatic rings. The third-order valence-corrected chi connectivity index (χ3v) is 8.55. The van der Waals surface area contributed by atoms with Gasteiger partial charge in [0.1, 0.15) is 6.54 Å². The highest BCUT2D eigenvalue weighted by molar-refractivity contribution is 7.93. The smallest absolute Gasteiger partial charge is 0.265 e. The molecule has 0 unspecified atom stereocenters. The molecular weight excluding hydrogens is 446 g/mol. The Morgan fingerprint density at radius 2 is 1.53 bits per heavy atom. The van der Waals surface area contributed by atoms with E-state index in [-0.39, 0.29) is 17.3 Å². The van der Waals surface area contributed by atoms with E-state index in [1.54, 1.807) is 17.0 Å². The van der Waals surface area contributed by atoms with Gasteiger partial charge in [-0.3, -0.25) is 14.0 Å². The van der Waals surface area contributed by atoms with E-state index in [0.29, 0.717) is 24.3 Å². The highest BCUT2D eigenvalue weighted by Crippen LogP contribution is 2.43. The minimum Gasteiger partial charge on any atom is -0.339 e. The highest BCUT2D eigenvalue weighted by atomic mass is 32.2. The zero-order chi connectivity index (χ0) is 23.7. The fourth-order valence-corrected chi connectivity index (χ4v) is 6.43. The number of piperazine rings is 1. The summed E-state index contributed by atoms with van der Waals surface area (Å²) in [7, 11) is -3.83. The summed E-state index contributed by atoms with van der Waals surface area (Å²) >= 11 is 0. The Bertz CT molecular complexity index is 1300. The second kappa shape index (κ2) is 9.24. The molecule has 0 atom stereocenters. The third-order valence-electron chi connectivity index (χ3n) is 6.74. The number of amides is 1. The van der Waals surface area contributed by atoms with Gasteiger partial charge in [0.15, 0.2) is 0 Å². The van der Waals surface area contributed by atoms with E-state index in [1.165, 1.54) is 9.87 Å². The Morgan fingerprint density at radius 1 is 0.824 bits per heavy atom. The summed E-state index contributed by atoms with van der Waals surface area (Å²) in [5.41, 5.74) is 4.53. The number of hydrogen-bond donors (Lipinski definition) is 0. The first kappa shape index (κ1) is 22.6. The standard InChI is InChI=1S/C27H29N3O3S/c1-2-21-12-13-25-24(18-21)23-10-6-7-11-26(23)34(32,33)30(25)20-27(31)29-16-14-28(15-17-29)19-22-8-4-3-5-9-22/h3-13,18H,2,14-17,19-20H2,1H3. The lowest BCUT2D eigenvalue weighted by Gasteiger charge is -2.37. The number of aryl methyl sites for hydroxylation is 1. The van der Waals surface area contributed by atoms with Crippen LogP contribution in [0.15, 0.2) is 77.7 Å². The molecular formula is C27H29N3O3S. The predicted molar refractivity (Wildman–Crippen MR) is 134 cm³/mol. The van der Waals surface area contributed by atoms with Crippen molar-refractivity contribution in [3.63, 3.8) is 0 Å². The van der Waals surface area contributed by atoms with Gasteiger partial charge in [0.05, 0.1) is 10.6 Å². The monoisotopic (exact) mass is 475 g/mol. The van der Waals surface area contributed by atoms with Crippen molar-refractivity contribution in [1.82, 2.24) is 9.80 Å². The molecule has 1 saturated heterocycles. The van der Waals surface area contributed by atoms with Crippen molar-refractivity contribution < 1.29 is 13.2 Å². The van der Waals surface area contributed by atoms with Gasteiger partial charge in [-0.25, -0.2) is 8.42 Å². The fourth-order valence-electron chi connectivity index (χ4n) is 4.79. The number of hydrogen-bond acceptors (Lipinski definition) is 4. The number of nitrogens with zero attached hydrogens (tertiary/aromatic N) is 3. The third kappa shape index (κ3) is 4.21. The Balaban J connectivity index is 1.35. The number of rotatable bonds is 5. The van der Waals surface area contributed by atoms with Crippen LogP contribution >= 0.6 is 0 Å². The highest BCUT2D eigenvalue weighted by Gasteiger charge is 2.37. The van der Waals surface area contributed by atoms with Crippen LogP contribution in [0.25, 0.3) is 11.1 Å². The maximum atomic E-state index is 13.5. The summed E-state index contributed by atoms with van der Waals surface area (Å²) in [6.07, 6.45) is 0.856. The van der Waals surface area contributed by atoms with E-state index >= 15 is 0 Å². The molecule has 176 valence electrons. The van der Waals surface area contributed by atoms with Crippen molar-refractivity contribution in [3.8, 4) is 11.1 Å². The van der Waals surface area contributed by atoms with E-state index in [9.17, 15) is 13.2 Å². The zero-order valence-electron chi connectivity index (χ0n) is 19.4. The van der Waals surface area contributed by atoms with Crippen molar-refractivity contribution in [2.75, 3.05) is 37.0 Å². The largest absolute Gasteiger partial charge is 0.339 e. The maximum absolute atomic E-state index is 13.5. The lowest BCUT2D eigenvalue weighted by molar-refractivity contribution is -0.131. The number of anilines is 1. The fraction of sp³-hybridized carbons (Fsp3) is 0.296. The Morgan fingerprint density at radius 3 is 2.26 bits per heavy atom. The van der Waals surface area contributed by atoms with Crippen molar-refractivity contribution in [1.29, 1.82) is 0 Å². The maximum Gasteiger partial charge on any atom is 0.265 e. The zero-order valence-corrected chi connectivity index (χ0v) is 20.2. The van der Waals surface area contributed by atoms with Gasteiger partial charge in [-0.2, -0.15) is 0 Å². The van der Waals surface area contributed by atoms with Gasteiger partial charge in [-0.15, -0.1) is 0 Å². The topological polar surface area (TPSA) is 60.9 Å². The molecule has 2 heterocycles. The second-order valence-corrected chi connectivity index (χ2v) is 10.7. The average molecular weight is 476 g/mol. The molecule has 2 aliphatic heterocycles. The van der Waals surface area contributed by atoms with Crippen LogP contribution in [-0.2, 0) is 27.8 Å². The number of fused-ring (bicyclic) bond motifs is 3. The number of sulfonamides is 1. The predicted octanol–water partition coefficient (Wildman–Crippen LogP) is 3.77. The second-order valence-electron chi connectivity index (χ2n) is 8.86. The molecule has 1 amide bonds. The van der Waals surface area contributed by atoms with Crippen molar-refractivity contribution >= 4 is 21.6 Å². The number of carbonyl (C=O) groups excluding carboxylic acids is 1. The minimum atomic E-state index is -3.83. The molecule has 0 saturated carbocycles. The van der Waals surface area contributed by atoms with Crippen LogP contribution in [0.5, 0.6) is 0 Å². The molecule has 0 spiro atoms. The Labute approximate surface area is 201 Å². The van der Waals surface area contributed by atoms with Crippen LogP contribution in [0.2, 0.25) is 0 Å². The van der Waals surface area contributed by atoms with Crippen LogP contribution in [0, 0.1) is 0 Å². The van der Waals surface area contributed by atoms with Gasteiger partial charge < -0.3 is 4.90 Å². The summed E-state index contributed by atoms with van der Waals surface area (Å²) in [5.74, 6) is -0.159. The summed E-state index contributed by atoms with van der Waals surface area (Å²) < 4.78 is 28.4. The van der Waals surface area contributed by atoms with E-state index in [0.717, 1.165) is 37.2 Å². The first-order chi connectivity index (χ1) is 16.5. The van der Waals surface area contributed by atoms with Crippen LogP contribution in [0.1, 0.15) is 18.1 Å². The van der Waals surface area contributed by atoms with Crippen LogP contribution in [-0.4, -0.2) is 56.8 Å². The molecule has 0 aliphatic carbocycles. The number of benzene rings is 3. The molecule has 5 rings (SSSR count). The van der Waals surface area contributed by atoms with E-state index in [2.05, 4.69) is 24.0 Å². The van der Waals surface area contributed by atoms with E-state index in [4.69, 9.17) is 0 Å². The van der Waals surface area contributed by atoms with Crippen molar-refractivity contribution in [2.45, 2.75) is 24.8 Å².